The van der Waals surface area contributed by atoms with Crippen molar-refractivity contribution in [2.75, 3.05) is 18.0 Å². The first-order valence-corrected chi connectivity index (χ1v) is 7.31. The van der Waals surface area contributed by atoms with E-state index in [2.05, 4.69) is 4.98 Å². The van der Waals surface area contributed by atoms with Crippen molar-refractivity contribution in [3.63, 3.8) is 0 Å². The van der Waals surface area contributed by atoms with Crippen LogP contribution in [0.1, 0.15) is 17.2 Å². The fourth-order valence-corrected chi connectivity index (χ4v) is 3.11. The molecule has 2 heterocycles. The Kier molecular flexibility index (Phi) is 3.98. The molecule has 2 atom stereocenters. The van der Waals surface area contributed by atoms with Gasteiger partial charge in [0.25, 0.3) is 0 Å². The van der Waals surface area contributed by atoms with Gasteiger partial charge < -0.3 is 10.0 Å². The van der Waals surface area contributed by atoms with E-state index in [1.165, 1.54) is 6.07 Å². The molecule has 1 aromatic heterocycles. The average Bonchev–Trinajstić information content (AvgIpc) is 2.92. The number of aryl methyl sites for hydroxylation is 1. The van der Waals surface area contributed by atoms with Crippen molar-refractivity contribution in [1.29, 1.82) is 0 Å². The quantitative estimate of drug-likeness (QED) is 0.945. The fourth-order valence-electron chi connectivity index (χ4n) is 3.11. The van der Waals surface area contributed by atoms with Crippen molar-refractivity contribution in [2.24, 2.45) is 5.92 Å². The second-order valence-corrected chi connectivity index (χ2v) is 5.78. The van der Waals surface area contributed by atoms with Crippen molar-refractivity contribution >= 4 is 11.7 Å². The Balaban J connectivity index is 1.94. The lowest BCUT2D eigenvalue weighted by Gasteiger charge is -2.19. The number of aromatic nitrogens is 1. The number of halogens is 2. The molecule has 0 spiro atoms. The summed E-state index contributed by atoms with van der Waals surface area (Å²) in [7, 11) is 0. The van der Waals surface area contributed by atoms with E-state index in [0.717, 1.165) is 23.5 Å². The predicted octanol–water partition coefficient (Wildman–Crippen LogP) is 2.97. The molecule has 0 radical (unpaired) electrons. The Hall–Kier alpha value is -2.50. The van der Waals surface area contributed by atoms with Gasteiger partial charge in [-0.3, -0.25) is 9.78 Å². The highest BCUT2D eigenvalue weighted by molar-refractivity contribution is 5.74. The molecular weight excluding hydrogens is 302 g/mol. The Labute approximate surface area is 132 Å². The monoisotopic (exact) mass is 318 g/mol. The van der Waals surface area contributed by atoms with E-state index in [0.29, 0.717) is 6.54 Å². The lowest BCUT2D eigenvalue weighted by molar-refractivity contribution is -0.141. The van der Waals surface area contributed by atoms with Crippen LogP contribution in [-0.4, -0.2) is 29.1 Å². The standard InChI is InChI=1S/C17H16F2N2O2/c1-10-6-12(4-5-20-10)21-8-14(15(9-21)17(22)23)13-3-2-11(18)7-16(13)19/h2-7,14-15H,8-9H2,1H3,(H,22,23)/t14-,15+/m0/s1. The molecule has 3 rings (SSSR count). The van der Waals surface area contributed by atoms with Crippen LogP contribution in [0.5, 0.6) is 0 Å². The molecule has 1 saturated heterocycles. The van der Waals surface area contributed by atoms with Gasteiger partial charge in [-0.05, 0) is 30.7 Å². The van der Waals surface area contributed by atoms with Gasteiger partial charge in [-0.2, -0.15) is 0 Å². The number of rotatable bonds is 3. The van der Waals surface area contributed by atoms with E-state index in [9.17, 15) is 18.7 Å². The van der Waals surface area contributed by atoms with Gasteiger partial charge in [0, 0.05) is 42.7 Å². The number of pyridine rings is 1. The fraction of sp³-hybridized carbons (Fsp3) is 0.294. The van der Waals surface area contributed by atoms with Crippen LogP contribution in [0, 0.1) is 24.5 Å². The second kappa shape index (κ2) is 5.95. The molecule has 120 valence electrons. The minimum atomic E-state index is -0.980. The first-order chi connectivity index (χ1) is 11.0. The van der Waals surface area contributed by atoms with Gasteiger partial charge in [0.2, 0.25) is 0 Å². The third kappa shape index (κ3) is 3.02. The highest BCUT2D eigenvalue weighted by Gasteiger charge is 2.40. The number of hydrogen-bond acceptors (Lipinski definition) is 3. The number of nitrogens with zero attached hydrogens (tertiary/aromatic N) is 2. The van der Waals surface area contributed by atoms with Crippen molar-refractivity contribution in [3.8, 4) is 0 Å². The minimum Gasteiger partial charge on any atom is -0.481 e. The molecular formula is C17H16F2N2O2. The van der Waals surface area contributed by atoms with E-state index in [-0.39, 0.29) is 12.1 Å². The number of carbonyl (C=O) groups is 1. The summed E-state index contributed by atoms with van der Waals surface area (Å²) in [5, 5.41) is 9.47. The third-order valence-corrected chi connectivity index (χ3v) is 4.24. The maximum absolute atomic E-state index is 14.1. The van der Waals surface area contributed by atoms with E-state index in [4.69, 9.17) is 0 Å². The van der Waals surface area contributed by atoms with Crippen LogP contribution in [-0.2, 0) is 4.79 Å². The lowest BCUT2D eigenvalue weighted by Crippen LogP contribution is -2.23. The first kappa shape index (κ1) is 15.4. The van der Waals surface area contributed by atoms with Gasteiger partial charge in [-0.25, -0.2) is 8.78 Å². The van der Waals surface area contributed by atoms with Crippen LogP contribution in [0.3, 0.4) is 0 Å². The molecule has 1 fully saturated rings. The molecule has 0 bridgehead atoms. The van der Waals surface area contributed by atoms with Gasteiger partial charge >= 0.3 is 5.97 Å². The maximum atomic E-state index is 14.1. The molecule has 0 saturated carbocycles. The summed E-state index contributed by atoms with van der Waals surface area (Å²) >= 11 is 0. The summed E-state index contributed by atoms with van der Waals surface area (Å²) in [6.45, 7) is 2.49. The Bertz CT molecular complexity index is 751. The Morgan fingerprint density at radius 3 is 2.70 bits per heavy atom. The molecule has 0 amide bonds. The summed E-state index contributed by atoms with van der Waals surface area (Å²) in [5.74, 6) is -3.62. The van der Waals surface area contributed by atoms with Crippen molar-refractivity contribution in [2.45, 2.75) is 12.8 Å². The number of aliphatic carboxylic acids is 1. The molecule has 1 aliphatic rings. The van der Waals surface area contributed by atoms with E-state index < -0.39 is 29.4 Å². The van der Waals surface area contributed by atoms with E-state index >= 15 is 0 Å². The first-order valence-electron chi connectivity index (χ1n) is 7.31. The number of anilines is 1. The molecule has 0 unspecified atom stereocenters. The zero-order valence-corrected chi connectivity index (χ0v) is 12.5. The normalized spacial score (nSPS) is 20.7. The van der Waals surface area contributed by atoms with Crippen LogP contribution in [0.4, 0.5) is 14.5 Å². The lowest BCUT2D eigenvalue weighted by atomic mass is 9.88. The van der Waals surface area contributed by atoms with Gasteiger partial charge in [-0.15, -0.1) is 0 Å². The Morgan fingerprint density at radius 2 is 2.04 bits per heavy atom. The van der Waals surface area contributed by atoms with Gasteiger partial charge in [0.15, 0.2) is 0 Å². The van der Waals surface area contributed by atoms with Gasteiger partial charge in [0.05, 0.1) is 5.92 Å². The van der Waals surface area contributed by atoms with Crippen molar-refractivity contribution in [3.05, 3.63) is 59.4 Å². The number of hydrogen-bond donors (Lipinski definition) is 1. The van der Waals surface area contributed by atoms with Crippen molar-refractivity contribution in [1.82, 2.24) is 4.98 Å². The summed E-state index contributed by atoms with van der Waals surface area (Å²) in [6.07, 6.45) is 1.66. The summed E-state index contributed by atoms with van der Waals surface area (Å²) in [5.41, 5.74) is 1.92. The molecule has 6 heteroatoms. The van der Waals surface area contributed by atoms with E-state index in [1.54, 1.807) is 12.3 Å². The third-order valence-electron chi connectivity index (χ3n) is 4.24. The minimum absolute atomic E-state index is 0.243. The molecule has 23 heavy (non-hydrogen) atoms. The van der Waals surface area contributed by atoms with Crippen LogP contribution in [0.25, 0.3) is 0 Å². The second-order valence-electron chi connectivity index (χ2n) is 5.78. The SMILES string of the molecule is Cc1cc(N2C[C@@H](C(=O)O)[C@H](c3ccc(F)cc3F)C2)ccn1. The van der Waals surface area contributed by atoms with Crippen LogP contribution >= 0.6 is 0 Å². The number of carboxylic acid groups (broad SMARTS) is 1. The predicted molar refractivity (Wildman–Crippen MR) is 81.4 cm³/mol. The zero-order valence-electron chi connectivity index (χ0n) is 12.5. The molecule has 0 aliphatic carbocycles. The summed E-state index contributed by atoms with van der Waals surface area (Å²) in [4.78, 5) is 17.6. The van der Waals surface area contributed by atoms with Crippen molar-refractivity contribution < 1.29 is 18.7 Å². The number of carboxylic acids is 1. The van der Waals surface area contributed by atoms with Gasteiger partial charge in [-0.1, -0.05) is 6.07 Å². The molecule has 4 nitrogen and oxygen atoms in total. The van der Waals surface area contributed by atoms with E-state index in [1.807, 2.05) is 17.9 Å². The van der Waals surface area contributed by atoms with Gasteiger partial charge in [0.1, 0.15) is 11.6 Å². The average molecular weight is 318 g/mol. The van der Waals surface area contributed by atoms with Crippen LogP contribution < -0.4 is 4.90 Å². The molecule has 1 aromatic carbocycles. The summed E-state index contributed by atoms with van der Waals surface area (Å²) < 4.78 is 27.2. The smallest absolute Gasteiger partial charge is 0.308 e. The topological polar surface area (TPSA) is 53.4 Å². The van der Waals surface area contributed by atoms with Crippen LogP contribution in [0.2, 0.25) is 0 Å². The molecule has 1 aliphatic heterocycles. The highest BCUT2D eigenvalue weighted by atomic mass is 19.1. The zero-order chi connectivity index (χ0) is 16.6. The molecule has 1 N–H and O–H groups in total. The largest absolute Gasteiger partial charge is 0.481 e. The molecule has 2 aromatic rings. The highest BCUT2D eigenvalue weighted by Crippen LogP contribution is 2.36. The Morgan fingerprint density at radius 1 is 1.26 bits per heavy atom. The summed E-state index contributed by atoms with van der Waals surface area (Å²) in [6, 6.07) is 6.97. The maximum Gasteiger partial charge on any atom is 0.308 e. The van der Waals surface area contributed by atoms with Crippen LogP contribution in [0.15, 0.2) is 36.5 Å². The number of benzene rings is 1.